The molecule has 2 heterocycles. The van der Waals surface area contributed by atoms with Crippen molar-refractivity contribution in [2.45, 2.75) is 19.6 Å². The molecule has 1 atom stereocenters. The molecule has 0 aromatic carbocycles. The maximum absolute atomic E-state index is 9.97. The van der Waals surface area contributed by atoms with E-state index in [1.54, 1.807) is 29.3 Å². The van der Waals surface area contributed by atoms with Crippen LogP contribution in [0.25, 0.3) is 0 Å². The van der Waals surface area contributed by atoms with Gasteiger partial charge in [0, 0.05) is 19.8 Å². The first-order chi connectivity index (χ1) is 10.2. The van der Waals surface area contributed by atoms with E-state index in [2.05, 4.69) is 20.7 Å². The third-order valence-electron chi connectivity index (χ3n) is 3.00. The molecule has 0 saturated heterocycles. The predicted octanol–water partition coefficient (Wildman–Crippen LogP) is 1.42. The summed E-state index contributed by atoms with van der Waals surface area (Å²) >= 11 is 0. The molecule has 0 aliphatic carbocycles. The minimum atomic E-state index is -0.708. The molecule has 0 radical (unpaired) electrons. The van der Waals surface area contributed by atoms with Crippen molar-refractivity contribution >= 4 is 29.9 Å². The van der Waals surface area contributed by atoms with Crippen LogP contribution in [0.1, 0.15) is 24.5 Å². The molecule has 0 aliphatic heterocycles. The van der Waals surface area contributed by atoms with Gasteiger partial charge >= 0.3 is 0 Å². The monoisotopic (exact) mass is 419 g/mol. The Morgan fingerprint density at radius 2 is 2.27 bits per heavy atom. The molecule has 122 valence electrons. The van der Waals surface area contributed by atoms with Crippen LogP contribution in [0.4, 0.5) is 0 Å². The summed E-state index contributed by atoms with van der Waals surface area (Å²) in [5, 5.41) is 20.3. The lowest BCUT2D eigenvalue weighted by Gasteiger charge is -2.13. The van der Waals surface area contributed by atoms with E-state index in [4.69, 9.17) is 4.42 Å². The summed E-state index contributed by atoms with van der Waals surface area (Å²) in [6, 6.07) is 5.41. The Morgan fingerprint density at radius 3 is 2.86 bits per heavy atom. The second-order valence-corrected chi connectivity index (χ2v) is 4.55. The zero-order valence-corrected chi connectivity index (χ0v) is 15.0. The van der Waals surface area contributed by atoms with Crippen molar-refractivity contribution in [3.05, 3.63) is 42.1 Å². The number of aliphatic hydroxyl groups is 1. The minimum Gasteiger partial charge on any atom is -0.467 e. The average molecular weight is 419 g/mol. The van der Waals surface area contributed by atoms with Gasteiger partial charge in [-0.2, -0.15) is 5.10 Å². The van der Waals surface area contributed by atoms with Gasteiger partial charge in [-0.3, -0.25) is 4.68 Å². The fourth-order valence-electron chi connectivity index (χ4n) is 1.83. The van der Waals surface area contributed by atoms with Gasteiger partial charge in [0.25, 0.3) is 0 Å². The molecule has 0 spiro atoms. The highest BCUT2D eigenvalue weighted by atomic mass is 127. The number of nitrogens with zero attached hydrogens (tertiary/aromatic N) is 3. The Bertz CT molecular complexity index is 568. The molecule has 0 saturated carbocycles. The standard InChI is InChI=1S/C14H21N5O2.HI/c1-3-15-14(16-9-11-6-7-18-19(11)2)17-10-12(20)13-5-4-8-21-13;/h4-8,12,20H,3,9-10H2,1-2H3,(H2,15,16,17);1H. The smallest absolute Gasteiger partial charge is 0.191 e. The lowest BCUT2D eigenvalue weighted by atomic mass is 10.3. The van der Waals surface area contributed by atoms with Crippen LogP contribution in [0.2, 0.25) is 0 Å². The Balaban J connectivity index is 0.00000242. The van der Waals surface area contributed by atoms with Crippen molar-refractivity contribution in [2.75, 3.05) is 13.1 Å². The van der Waals surface area contributed by atoms with Crippen molar-refractivity contribution in [2.24, 2.45) is 12.0 Å². The third-order valence-corrected chi connectivity index (χ3v) is 3.00. The third kappa shape index (κ3) is 5.34. The number of aromatic nitrogens is 2. The molecule has 0 bridgehead atoms. The molecule has 0 aliphatic rings. The van der Waals surface area contributed by atoms with Gasteiger partial charge in [0.2, 0.25) is 0 Å². The largest absolute Gasteiger partial charge is 0.467 e. The molecular formula is C14H22IN5O2. The number of guanidine groups is 1. The molecule has 8 heteroatoms. The fourth-order valence-corrected chi connectivity index (χ4v) is 1.83. The number of nitrogens with one attached hydrogen (secondary N) is 2. The second-order valence-electron chi connectivity index (χ2n) is 4.55. The molecule has 0 amide bonds. The molecule has 0 fully saturated rings. The Hall–Kier alpha value is -1.55. The quantitative estimate of drug-likeness (QED) is 0.375. The molecule has 7 nitrogen and oxygen atoms in total. The normalized spacial score (nSPS) is 12.6. The molecule has 2 rings (SSSR count). The SMILES string of the molecule is CCNC(=NCc1ccnn1C)NCC(O)c1ccco1.I. The first-order valence-electron chi connectivity index (χ1n) is 6.91. The Morgan fingerprint density at radius 1 is 1.45 bits per heavy atom. The highest BCUT2D eigenvalue weighted by molar-refractivity contribution is 14.0. The highest BCUT2D eigenvalue weighted by Gasteiger charge is 2.10. The molecule has 3 N–H and O–H groups in total. The summed E-state index contributed by atoms with van der Waals surface area (Å²) in [5.74, 6) is 1.18. The van der Waals surface area contributed by atoms with E-state index < -0.39 is 6.10 Å². The van der Waals surface area contributed by atoms with Gasteiger partial charge in [-0.05, 0) is 25.1 Å². The van der Waals surface area contributed by atoms with Crippen molar-refractivity contribution in [1.82, 2.24) is 20.4 Å². The first kappa shape index (κ1) is 18.5. The van der Waals surface area contributed by atoms with Crippen molar-refractivity contribution in [3.8, 4) is 0 Å². The molecular weight excluding hydrogens is 397 g/mol. The van der Waals surface area contributed by atoms with Crippen LogP contribution in [0, 0.1) is 0 Å². The van der Waals surface area contributed by atoms with Crippen molar-refractivity contribution in [3.63, 3.8) is 0 Å². The summed E-state index contributed by atoms with van der Waals surface area (Å²) in [6.07, 6.45) is 2.58. The second kappa shape index (κ2) is 9.46. The Labute approximate surface area is 146 Å². The predicted molar refractivity (Wildman–Crippen MR) is 95.1 cm³/mol. The lowest BCUT2D eigenvalue weighted by molar-refractivity contribution is 0.153. The molecule has 2 aromatic heterocycles. The van der Waals surface area contributed by atoms with Crippen LogP contribution < -0.4 is 10.6 Å². The molecule has 1 unspecified atom stereocenters. The van der Waals surface area contributed by atoms with Gasteiger partial charge < -0.3 is 20.2 Å². The van der Waals surface area contributed by atoms with Gasteiger partial charge in [0.05, 0.1) is 25.0 Å². The number of hydrogen-bond donors (Lipinski definition) is 3. The van der Waals surface area contributed by atoms with Crippen LogP contribution in [0.15, 0.2) is 40.1 Å². The number of aliphatic imine (C=N–C) groups is 1. The first-order valence-corrected chi connectivity index (χ1v) is 6.91. The topological polar surface area (TPSA) is 87.6 Å². The summed E-state index contributed by atoms with van der Waals surface area (Å²) in [7, 11) is 1.88. The summed E-state index contributed by atoms with van der Waals surface area (Å²) < 4.78 is 6.94. The maximum Gasteiger partial charge on any atom is 0.191 e. The number of hydrogen-bond acceptors (Lipinski definition) is 4. The van der Waals surface area contributed by atoms with Gasteiger partial charge in [0.1, 0.15) is 11.9 Å². The fraction of sp³-hybridized carbons (Fsp3) is 0.429. The maximum atomic E-state index is 9.97. The number of aliphatic hydroxyl groups excluding tert-OH is 1. The van der Waals surface area contributed by atoms with E-state index in [0.717, 1.165) is 12.2 Å². The summed E-state index contributed by atoms with van der Waals surface area (Å²) in [6.45, 7) is 3.58. The molecule has 22 heavy (non-hydrogen) atoms. The lowest BCUT2D eigenvalue weighted by Crippen LogP contribution is -2.39. The van der Waals surface area contributed by atoms with Gasteiger partial charge in [-0.15, -0.1) is 24.0 Å². The van der Waals surface area contributed by atoms with Crippen LogP contribution >= 0.6 is 24.0 Å². The van der Waals surface area contributed by atoms with Crippen molar-refractivity contribution in [1.29, 1.82) is 0 Å². The van der Waals surface area contributed by atoms with Crippen molar-refractivity contribution < 1.29 is 9.52 Å². The highest BCUT2D eigenvalue weighted by Crippen LogP contribution is 2.11. The van der Waals surface area contributed by atoms with E-state index in [-0.39, 0.29) is 24.0 Å². The van der Waals surface area contributed by atoms with Crippen LogP contribution in [-0.4, -0.2) is 33.9 Å². The van der Waals surface area contributed by atoms with Gasteiger partial charge in [0.15, 0.2) is 5.96 Å². The average Bonchev–Trinajstić information content (AvgIpc) is 3.13. The zero-order chi connectivity index (χ0) is 15.1. The van der Waals surface area contributed by atoms with E-state index in [0.29, 0.717) is 24.8 Å². The number of rotatable bonds is 6. The summed E-state index contributed by atoms with van der Waals surface area (Å²) in [4.78, 5) is 4.46. The van der Waals surface area contributed by atoms with Crippen LogP contribution in [0.3, 0.4) is 0 Å². The number of aryl methyl sites for hydroxylation is 1. The van der Waals surface area contributed by atoms with Crippen LogP contribution in [-0.2, 0) is 13.6 Å². The summed E-state index contributed by atoms with van der Waals surface area (Å²) in [5.41, 5.74) is 1.01. The number of halogens is 1. The minimum absolute atomic E-state index is 0. The van der Waals surface area contributed by atoms with Gasteiger partial charge in [-0.1, -0.05) is 0 Å². The van der Waals surface area contributed by atoms with E-state index in [1.807, 2.05) is 20.0 Å². The van der Waals surface area contributed by atoms with Crippen LogP contribution in [0.5, 0.6) is 0 Å². The van der Waals surface area contributed by atoms with E-state index >= 15 is 0 Å². The van der Waals surface area contributed by atoms with E-state index in [1.165, 1.54) is 0 Å². The van der Waals surface area contributed by atoms with Gasteiger partial charge in [-0.25, -0.2) is 4.99 Å². The Kier molecular flexibility index (Phi) is 7.96. The zero-order valence-electron chi connectivity index (χ0n) is 12.7. The molecule has 2 aromatic rings. The van der Waals surface area contributed by atoms with E-state index in [9.17, 15) is 5.11 Å². The number of furan rings is 1.